The average molecular weight is 276 g/mol. The molecule has 112 valence electrons. The molecule has 0 saturated heterocycles. The molecule has 1 aromatic carbocycles. The van der Waals surface area contributed by atoms with Gasteiger partial charge < -0.3 is 11.1 Å². The minimum absolute atomic E-state index is 0.0681. The van der Waals surface area contributed by atoms with E-state index in [-0.39, 0.29) is 11.3 Å². The van der Waals surface area contributed by atoms with Crippen molar-refractivity contribution in [1.82, 2.24) is 0 Å². The van der Waals surface area contributed by atoms with Crippen LogP contribution in [0.3, 0.4) is 0 Å². The van der Waals surface area contributed by atoms with Gasteiger partial charge in [-0.05, 0) is 48.8 Å². The molecule has 3 heteroatoms. The van der Waals surface area contributed by atoms with Gasteiger partial charge in [0.15, 0.2) is 0 Å². The summed E-state index contributed by atoms with van der Waals surface area (Å²) in [6, 6.07) is 3.82. The highest BCUT2D eigenvalue weighted by Crippen LogP contribution is 2.28. The number of carbonyl (C=O) groups excluding carboxylic acids is 1. The van der Waals surface area contributed by atoms with Gasteiger partial charge in [0.2, 0.25) is 5.91 Å². The van der Waals surface area contributed by atoms with Crippen molar-refractivity contribution in [1.29, 1.82) is 0 Å². The zero-order chi connectivity index (χ0) is 15.5. The molecule has 1 amide bonds. The van der Waals surface area contributed by atoms with Gasteiger partial charge in [-0.15, -0.1) is 0 Å². The molecule has 0 radical (unpaired) electrons. The second kappa shape index (κ2) is 6.29. The van der Waals surface area contributed by atoms with Crippen molar-refractivity contribution < 1.29 is 4.79 Å². The van der Waals surface area contributed by atoms with E-state index in [0.29, 0.717) is 18.0 Å². The van der Waals surface area contributed by atoms with Crippen LogP contribution in [-0.4, -0.2) is 5.91 Å². The first-order valence-electron chi connectivity index (χ1n) is 7.25. The summed E-state index contributed by atoms with van der Waals surface area (Å²) in [6.07, 6.45) is 1.58. The molecule has 0 heterocycles. The minimum Gasteiger partial charge on any atom is -0.398 e. The number of hydrogen-bond acceptors (Lipinski definition) is 2. The van der Waals surface area contributed by atoms with Gasteiger partial charge in [0, 0.05) is 17.8 Å². The fourth-order valence-electron chi connectivity index (χ4n) is 2.68. The first-order valence-corrected chi connectivity index (χ1v) is 7.25. The molecule has 0 saturated carbocycles. The highest BCUT2D eigenvalue weighted by atomic mass is 16.1. The number of hydrogen-bond donors (Lipinski definition) is 2. The third-order valence-corrected chi connectivity index (χ3v) is 3.47. The predicted octanol–water partition coefficient (Wildman–Crippen LogP) is 4.29. The first kappa shape index (κ1) is 16.5. The van der Waals surface area contributed by atoms with Crippen LogP contribution in [-0.2, 0) is 4.79 Å². The van der Waals surface area contributed by atoms with E-state index in [1.54, 1.807) is 0 Å². The number of amides is 1. The van der Waals surface area contributed by atoms with E-state index in [1.165, 1.54) is 0 Å². The van der Waals surface area contributed by atoms with Crippen molar-refractivity contribution in [3.8, 4) is 0 Å². The number of carbonyl (C=O) groups is 1. The van der Waals surface area contributed by atoms with Crippen LogP contribution in [0.2, 0.25) is 0 Å². The van der Waals surface area contributed by atoms with Crippen molar-refractivity contribution in [2.75, 3.05) is 11.1 Å². The van der Waals surface area contributed by atoms with E-state index in [4.69, 9.17) is 5.73 Å². The standard InChI is InChI=1S/C17H28N2O/c1-11(10-17(4,5)6)9-15(20)19-16-12(2)7-8-14(18)13(16)3/h7-8,11H,9-10,18H2,1-6H3,(H,19,20). The van der Waals surface area contributed by atoms with Crippen molar-refractivity contribution in [3.05, 3.63) is 23.3 Å². The molecule has 0 bridgehead atoms. The Bertz CT molecular complexity index is 486. The highest BCUT2D eigenvalue weighted by Gasteiger charge is 2.18. The van der Waals surface area contributed by atoms with Crippen LogP contribution in [0.4, 0.5) is 11.4 Å². The number of anilines is 2. The van der Waals surface area contributed by atoms with E-state index in [9.17, 15) is 4.79 Å². The van der Waals surface area contributed by atoms with E-state index in [0.717, 1.165) is 23.2 Å². The van der Waals surface area contributed by atoms with E-state index < -0.39 is 0 Å². The lowest BCUT2D eigenvalue weighted by Crippen LogP contribution is -2.20. The fourth-order valence-corrected chi connectivity index (χ4v) is 2.68. The Morgan fingerprint density at radius 3 is 2.45 bits per heavy atom. The summed E-state index contributed by atoms with van der Waals surface area (Å²) in [5.74, 6) is 0.440. The molecule has 1 atom stereocenters. The summed E-state index contributed by atoms with van der Waals surface area (Å²) in [4.78, 5) is 12.2. The fraction of sp³-hybridized carbons (Fsp3) is 0.588. The highest BCUT2D eigenvalue weighted by molar-refractivity contribution is 5.93. The molecule has 3 N–H and O–H groups in total. The van der Waals surface area contributed by atoms with Crippen LogP contribution in [0.5, 0.6) is 0 Å². The Hall–Kier alpha value is -1.51. The van der Waals surface area contributed by atoms with Crippen LogP contribution in [0.15, 0.2) is 12.1 Å². The van der Waals surface area contributed by atoms with Gasteiger partial charge in [-0.3, -0.25) is 4.79 Å². The van der Waals surface area contributed by atoms with E-state index in [1.807, 2.05) is 26.0 Å². The maximum absolute atomic E-state index is 12.2. The Balaban J connectivity index is 2.70. The number of nitrogens with one attached hydrogen (secondary N) is 1. The molecule has 0 aliphatic rings. The molecule has 0 aromatic heterocycles. The molecular weight excluding hydrogens is 248 g/mol. The van der Waals surface area contributed by atoms with Crippen LogP contribution in [0.25, 0.3) is 0 Å². The zero-order valence-electron chi connectivity index (χ0n) is 13.6. The normalized spacial score (nSPS) is 13.1. The van der Waals surface area contributed by atoms with Crippen molar-refractivity contribution >= 4 is 17.3 Å². The van der Waals surface area contributed by atoms with Crippen molar-refractivity contribution in [3.63, 3.8) is 0 Å². The summed E-state index contributed by atoms with van der Waals surface area (Å²) in [7, 11) is 0. The smallest absolute Gasteiger partial charge is 0.224 e. The van der Waals surface area contributed by atoms with E-state index in [2.05, 4.69) is 33.0 Å². The quantitative estimate of drug-likeness (QED) is 0.806. The topological polar surface area (TPSA) is 55.1 Å². The second-order valence-corrected chi connectivity index (χ2v) is 7.09. The van der Waals surface area contributed by atoms with Crippen molar-refractivity contribution in [2.45, 2.75) is 54.4 Å². The van der Waals surface area contributed by atoms with Crippen LogP contribution in [0, 0.1) is 25.2 Å². The summed E-state index contributed by atoms with van der Waals surface area (Å²) in [5, 5.41) is 3.02. The summed E-state index contributed by atoms with van der Waals surface area (Å²) in [6.45, 7) is 12.7. The molecule has 1 rings (SSSR count). The Labute approximate surface area is 122 Å². The molecular formula is C17H28N2O. The monoisotopic (exact) mass is 276 g/mol. The van der Waals surface area contributed by atoms with Crippen molar-refractivity contribution in [2.24, 2.45) is 11.3 Å². The molecule has 0 spiro atoms. The Kier molecular flexibility index (Phi) is 5.21. The maximum atomic E-state index is 12.2. The molecule has 1 unspecified atom stereocenters. The lowest BCUT2D eigenvalue weighted by Gasteiger charge is -2.23. The summed E-state index contributed by atoms with van der Waals surface area (Å²) >= 11 is 0. The van der Waals surface area contributed by atoms with Crippen LogP contribution < -0.4 is 11.1 Å². The summed E-state index contributed by atoms with van der Waals surface area (Å²) in [5.41, 5.74) is 9.72. The van der Waals surface area contributed by atoms with Gasteiger partial charge in [0.1, 0.15) is 0 Å². The first-order chi connectivity index (χ1) is 9.10. The number of aryl methyl sites for hydroxylation is 1. The maximum Gasteiger partial charge on any atom is 0.224 e. The largest absolute Gasteiger partial charge is 0.398 e. The molecule has 20 heavy (non-hydrogen) atoms. The number of rotatable bonds is 4. The van der Waals surface area contributed by atoms with Gasteiger partial charge in [-0.2, -0.15) is 0 Å². The number of nitrogens with two attached hydrogens (primary N) is 1. The van der Waals surface area contributed by atoms with Gasteiger partial charge in [-0.1, -0.05) is 33.8 Å². The minimum atomic E-state index is 0.0681. The van der Waals surface area contributed by atoms with Gasteiger partial charge >= 0.3 is 0 Å². The molecule has 0 fully saturated rings. The average Bonchev–Trinajstić information content (AvgIpc) is 2.27. The molecule has 0 aliphatic carbocycles. The van der Waals surface area contributed by atoms with Gasteiger partial charge in [0.05, 0.1) is 0 Å². The van der Waals surface area contributed by atoms with Crippen LogP contribution in [0.1, 0.15) is 51.7 Å². The van der Waals surface area contributed by atoms with E-state index >= 15 is 0 Å². The molecule has 3 nitrogen and oxygen atoms in total. The van der Waals surface area contributed by atoms with Gasteiger partial charge in [-0.25, -0.2) is 0 Å². The predicted molar refractivity (Wildman–Crippen MR) is 86.8 cm³/mol. The molecule has 0 aliphatic heterocycles. The zero-order valence-corrected chi connectivity index (χ0v) is 13.6. The third kappa shape index (κ3) is 4.87. The van der Waals surface area contributed by atoms with Gasteiger partial charge in [0.25, 0.3) is 0 Å². The van der Waals surface area contributed by atoms with Crippen LogP contribution >= 0.6 is 0 Å². The molecule has 1 aromatic rings. The Morgan fingerprint density at radius 2 is 1.90 bits per heavy atom. The SMILES string of the molecule is Cc1ccc(N)c(C)c1NC(=O)CC(C)CC(C)(C)C. The number of nitrogen functional groups attached to an aromatic ring is 1. The number of benzene rings is 1. The summed E-state index contributed by atoms with van der Waals surface area (Å²) < 4.78 is 0. The lowest BCUT2D eigenvalue weighted by atomic mass is 9.84. The second-order valence-electron chi connectivity index (χ2n) is 7.09. The Morgan fingerprint density at radius 1 is 1.30 bits per heavy atom. The third-order valence-electron chi connectivity index (χ3n) is 3.47. The lowest BCUT2D eigenvalue weighted by molar-refractivity contribution is -0.117.